The molecule has 0 bridgehead atoms. The fraction of sp³-hybridized carbons (Fsp3) is 0.471. The predicted octanol–water partition coefficient (Wildman–Crippen LogP) is 3.62. The first-order valence-electron chi connectivity index (χ1n) is 7.75. The smallest absolute Gasteiger partial charge is 0.146 e. The van der Waals surface area contributed by atoms with Gasteiger partial charge in [0.15, 0.2) is 0 Å². The minimum absolute atomic E-state index is 0.357. The molecule has 0 radical (unpaired) electrons. The van der Waals surface area contributed by atoms with Crippen LogP contribution in [0.2, 0.25) is 0 Å². The molecule has 1 aromatic carbocycles. The number of para-hydroxylation sites is 1. The zero-order chi connectivity index (χ0) is 14.7. The van der Waals surface area contributed by atoms with E-state index in [4.69, 9.17) is 10.6 Å². The molecule has 1 fully saturated rings. The van der Waals surface area contributed by atoms with Gasteiger partial charge in [-0.25, -0.2) is 10.8 Å². The lowest BCUT2D eigenvalue weighted by molar-refractivity contribution is -0.0152. The molecule has 0 spiro atoms. The summed E-state index contributed by atoms with van der Waals surface area (Å²) in [6.45, 7) is 2.84. The van der Waals surface area contributed by atoms with Gasteiger partial charge in [0.2, 0.25) is 0 Å². The summed E-state index contributed by atoms with van der Waals surface area (Å²) in [5, 5.41) is 1.12. The average molecular weight is 285 g/mol. The highest BCUT2D eigenvalue weighted by Gasteiger charge is 2.22. The van der Waals surface area contributed by atoms with Gasteiger partial charge in [-0.3, -0.25) is 0 Å². The van der Waals surface area contributed by atoms with Crippen LogP contribution in [0, 0.1) is 5.92 Å². The Hall–Kier alpha value is -1.65. The van der Waals surface area contributed by atoms with Crippen molar-refractivity contribution in [3.05, 3.63) is 35.9 Å². The van der Waals surface area contributed by atoms with Crippen molar-refractivity contribution in [2.75, 3.05) is 5.43 Å². The van der Waals surface area contributed by atoms with E-state index in [9.17, 15) is 0 Å². The van der Waals surface area contributed by atoms with Crippen LogP contribution in [0.1, 0.15) is 38.2 Å². The van der Waals surface area contributed by atoms with Gasteiger partial charge < -0.3 is 10.2 Å². The van der Waals surface area contributed by atoms with Crippen molar-refractivity contribution < 1.29 is 4.74 Å². The molecule has 2 unspecified atom stereocenters. The second-order valence-corrected chi connectivity index (χ2v) is 5.94. The number of rotatable bonds is 4. The minimum atomic E-state index is 0.357. The Morgan fingerprint density at radius 1 is 1.29 bits per heavy atom. The van der Waals surface area contributed by atoms with Crippen molar-refractivity contribution in [1.29, 1.82) is 0 Å². The average Bonchev–Trinajstić information content (AvgIpc) is 2.53. The number of nitrogens with two attached hydrogens (primary N) is 1. The molecule has 0 saturated heterocycles. The standard InChI is InChI=1S/C17H23N3O/c1-12-6-2-5-9-16(12)21-11-14-10-13-7-3-4-8-15(13)19-17(14)20-18/h3-4,7-8,10,12,16H,2,5-6,9,11,18H2,1H3,(H,19,20). The Morgan fingerprint density at radius 2 is 2.10 bits per heavy atom. The topological polar surface area (TPSA) is 60.2 Å². The van der Waals surface area contributed by atoms with E-state index in [2.05, 4.69) is 29.5 Å². The van der Waals surface area contributed by atoms with E-state index in [0.717, 1.165) is 22.9 Å². The van der Waals surface area contributed by atoms with Crippen molar-refractivity contribution in [2.24, 2.45) is 11.8 Å². The third-order valence-corrected chi connectivity index (χ3v) is 4.43. The molecular formula is C17H23N3O. The molecule has 1 aliphatic carbocycles. The van der Waals surface area contributed by atoms with E-state index in [1.54, 1.807) is 0 Å². The molecular weight excluding hydrogens is 262 g/mol. The number of hydrogen-bond acceptors (Lipinski definition) is 4. The molecule has 4 nitrogen and oxygen atoms in total. The van der Waals surface area contributed by atoms with Crippen LogP contribution < -0.4 is 11.3 Å². The lowest BCUT2D eigenvalue weighted by Crippen LogP contribution is -2.25. The Morgan fingerprint density at radius 3 is 2.90 bits per heavy atom. The molecule has 112 valence electrons. The van der Waals surface area contributed by atoms with Crippen molar-refractivity contribution in [3.8, 4) is 0 Å². The van der Waals surface area contributed by atoms with Gasteiger partial charge in [0.1, 0.15) is 5.82 Å². The van der Waals surface area contributed by atoms with E-state index in [-0.39, 0.29) is 0 Å². The molecule has 3 N–H and O–H groups in total. The van der Waals surface area contributed by atoms with Gasteiger partial charge in [0, 0.05) is 10.9 Å². The first-order valence-corrected chi connectivity index (χ1v) is 7.75. The number of nitrogens with one attached hydrogen (secondary N) is 1. The van der Waals surface area contributed by atoms with E-state index in [1.807, 2.05) is 18.2 Å². The number of nitrogens with zero attached hydrogens (tertiary/aromatic N) is 1. The Kier molecular flexibility index (Phi) is 4.36. The summed E-state index contributed by atoms with van der Waals surface area (Å²) in [6, 6.07) is 10.2. The number of nitrogen functional groups attached to an aromatic ring is 1. The second-order valence-electron chi connectivity index (χ2n) is 5.94. The summed E-state index contributed by atoms with van der Waals surface area (Å²) < 4.78 is 6.14. The zero-order valence-corrected chi connectivity index (χ0v) is 12.5. The van der Waals surface area contributed by atoms with Crippen molar-refractivity contribution in [3.63, 3.8) is 0 Å². The predicted molar refractivity (Wildman–Crippen MR) is 85.8 cm³/mol. The molecule has 0 amide bonds. The summed E-state index contributed by atoms with van der Waals surface area (Å²) in [7, 11) is 0. The molecule has 1 heterocycles. The van der Waals surface area contributed by atoms with Crippen molar-refractivity contribution >= 4 is 16.7 Å². The maximum absolute atomic E-state index is 6.14. The lowest BCUT2D eigenvalue weighted by Gasteiger charge is -2.29. The Bertz CT molecular complexity index is 614. The number of benzene rings is 1. The quantitative estimate of drug-likeness (QED) is 0.665. The Labute approximate surface area is 125 Å². The SMILES string of the molecule is CC1CCCCC1OCc1cc2ccccc2nc1NN. The molecule has 2 aromatic rings. The van der Waals surface area contributed by atoms with Gasteiger partial charge >= 0.3 is 0 Å². The largest absolute Gasteiger partial charge is 0.373 e. The molecule has 4 heteroatoms. The van der Waals surface area contributed by atoms with Crippen LogP contribution in [-0.4, -0.2) is 11.1 Å². The summed E-state index contributed by atoms with van der Waals surface area (Å²) in [6.07, 6.45) is 5.38. The fourth-order valence-corrected chi connectivity index (χ4v) is 3.12. The number of hydrogen-bond donors (Lipinski definition) is 2. The zero-order valence-electron chi connectivity index (χ0n) is 12.5. The number of pyridine rings is 1. The van der Waals surface area contributed by atoms with Gasteiger partial charge in [-0.2, -0.15) is 0 Å². The first-order chi connectivity index (χ1) is 10.3. The van der Waals surface area contributed by atoms with Gasteiger partial charge in [-0.1, -0.05) is 38.0 Å². The molecule has 3 rings (SSSR count). The number of hydrazine groups is 1. The third-order valence-electron chi connectivity index (χ3n) is 4.43. The van der Waals surface area contributed by atoms with Gasteiger partial charge in [-0.05, 0) is 30.9 Å². The molecule has 0 aliphatic heterocycles. The summed E-state index contributed by atoms with van der Waals surface area (Å²) in [4.78, 5) is 4.56. The van der Waals surface area contributed by atoms with E-state index in [1.165, 1.54) is 19.3 Å². The van der Waals surface area contributed by atoms with Crippen LogP contribution in [0.3, 0.4) is 0 Å². The van der Waals surface area contributed by atoms with E-state index >= 15 is 0 Å². The highest BCUT2D eigenvalue weighted by atomic mass is 16.5. The van der Waals surface area contributed by atoms with Crippen LogP contribution in [0.5, 0.6) is 0 Å². The highest BCUT2D eigenvalue weighted by molar-refractivity contribution is 5.81. The van der Waals surface area contributed by atoms with Crippen molar-refractivity contribution in [2.45, 2.75) is 45.3 Å². The minimum Gasteiger partial charge on any atom is -0.373 e. The van der Waals surface area contributed by atoms with Crippen LogP contribution in [0.25, 0.3) is 10.9 Å². The maximum Gasteiger partial charge on any atom is 0.146 e. The lowest BCUT2D eigenvalue weighted by atomic mass is 9.88. The van der Waals surface area contributed by atoms with Crippen molar-refractivity contribution in [1.82, 2.24) is 4.98 Å². The highest BCUT2D eigenvalue weighted by Crippen LogP contribution is 2.28. The fourth-order valence-electron chi connectivity index (χ4n) is 3.12. The first kappa shape index (κ1) is 14.3. The van der Waals surface area contributed by atoms with Crippen LogP contribution in [0.15, 0.2) is 30.3 Å². The summed E-state index contributed by atoms with van der Waals surface area (Å²) in [5.74, 6) is 6.96. The number of anilines is 1. The normalized spacial score (nSPS) is 22.4. The number of aromatic nitrogens is 1. The molecule has 2 atom stereocenters. The van der Waals surface area contributed by atoms with Crippen LogP contribution in [-0.2, 0) is 11.3 Å². The maximum atomic E-state index is 6.14. The van der Waals surface area contributed by atoms with Crippen LogP contribution in [0.4, 0.5) is 5.82 Å². The number of fused-ring (bicyclic) bond motifs is 1. The van der Waals surface area contributed by atoms with Crippen LogP contribution >= 0.6 is 0 Å². The van der Waals surface area contributed by atoms with E-state index < -0.39 is 0 Å². The summed E-state index contributed by atoms with van der Waals surface area (Å²) >= 11 is 0. The monoisotopic (exact) mass is 285 g/mol. The molecule has 21 heavy (non-hydrogen) atoms. The molecule has 1 saturated carbocycles. The van der Waals surface area contributed by atoms with Gasteiger partial charge in [0.25, 0.3) is 0 Å². The summed E-state index contributed by atoms with van der Waals surface area (Å²) in [5.41, 5.74) is 4.66. The third kappa shape index (κ3) is 3.17. The molecule has 1 aliphatic rings. The second kappa shape index (κ2) is 6.41. The molecule has 1 aromatic heterocycles. The van der Waals surface area contributed by atoms with Gasteiger partial charge in [-0.15, -0.1) is 0 Å². The Balaban J connectivity index is 1.79. The number of ether oxygens (including phenoxy) is 1. The van der Waals surface area contributed by atoms with E-state index in [0.29, 0.717) is 24.4 Å². The van der Waals surface area contributed by atoms with Gasteiger partial charge in [0.05, 0.1) is 18.2 Å².